The molecule has 1 heterocycles. The fraction of sp³-hybridized carbons (Fsp3) is 0.393. The molecule has 37 heavy (non-hydrogen) atoms. The first kappa shape index (κ1) is 27.7. The Morgan fingerprint density at radius 3 is 2.57 bits per heavy atom. The van der Waals surface area contributed by atoms with Crippen LogP contribution in [-0.2, 0) is 16.0 Å². The molecule has 2 aromatic rings. The van der Waals surface area contributed by atoms with Gasteiger partial charge in [-0.1, -0.05) is 30.4 Å². The van der Waals surface area contributed by atoms with Crippen molar-refractivity contribution in [2.45, 2.75) is 25.7 Å². The summed E-state index contributed by atoms with van der Waals surface area (Å²) in [5.74, 6) is 1.87. The average molecular weight is 508 g/mol. The molecule has 0 spiro atoms. The van der Waals surface area contributed by atoms with Gasteiger partial charge in [-0.15, -0.1) is 0 Å². The van der Waals surface area contributed by atoms with Crippen molar-refractivity contribution in [3.8, 4) is 11.5 Å². The molecule has 1 aliphatic rings. The van der Waals surface area contributed by atoms with Crippen molar-refractivity contribution < 1.29 is 19.1 Å². The number of carbonyl (C=O) groups excluding carboxylic acids is 2. The minimum absolute atomic E-state index is 0.0198. The zero-order valence-electron chi connectivity index (χ0n) is 21.9. The first-order valence-electron chi connectivity index (χ1n) is 12.5. The lowest BCUT2D eigenvalue weighted by atomic mass is 10.1. The maximum Gasteiger partial charge on any atom is 0.248 e. The SMILES string of the molecule is COc1ccc(CCN(C)CCCCNC(=O)C/C=C/c2ccc(NC3=NCC(=O)N3)cc2)cc1OC. The zero-order chi connectivity index (χ0) is 26.5. The van der Waals surface area contributed by atoms with E-state index < -0.39 is 0 Å². The van der Waals surface area contributed by atoms with Gasteiger partial charge in [-0.2, -0.15) is 0 Å². The second-order valence-corrected chi connectivity index (χ2v) is 8.87. The molecule has 0 fully saturated rings. The van der Waals surface area contributed by atoms with Gasteiger partial charge in [-0.25, -0.2) is 4.99 Å². The van der Waals surface area contributed by atoms with E-state index in [1.165, 1.54) is 5.56 Å². The number of unbranched alkanes of at least 4 members (excludes halogenated alkanes) is 1. The van der Waals surface area contributed by atoms with Crippen LogP contribution < -0.4 is 25.4 Å². The molecule has 0 unspecified atom stereocenters. The number of rotatable bonds is 14. The fourth-order valence-corrected chi connectivity index (χ4v) is 3.82. The summed E-state index contributed by atoms with van der Waals surface area (Å²) in [5, 5.41) is 8.68. The zero-order valence-corrected chi connectivity index (χ0v) is 21.9. The molecule has 9 nitrogen and oxygen atoms in total. The summed E-state index contributed by atoms with van der Waals surface area (Å²) in [4.78, 5) is 29.7. The molecule has 0 aromatic heterocycles. The third kappa shape index (κ3) is 9.61. The quantitative estimate of drug-likeness (QED) is 0.340. The van der Waals surface area contributed by atoms with E-state index >= 15 is 0 Å². The molecule has 2 amide bonds. The van der Waals surface area contributed by atoms with Crippen LogP contribution in [0.15, 0.2) is 53.5 Å². The lowest BCUT2D eigenvalue weighted by Crippen LogP contribution is -2.30. The number of carbonyl (C=O) groups is 2. The minimum atomic E-state index is -0.116. The predicted octanol–water partition coefficient (Wildman–Crippen LogP) is 3.08. The van der Waals surface area contributed by atoms with Crippen LogP contribution in [0.5, 0.6) is 11.5 Å². The van der Waals surface area contributed by atoms with Crippen LogP contribution in [0.4, 0.5) is 5.69 Å². The van der Waals surface area contributed by atoms with E-state index in [4.69, 9.17) is 9.47 Å². The molecule has 9 heteroatoms. The maximum atomic E-state index is 12.1. The Morgan fingerprint density at radius 1 is 1.08 bits per heavy atom. The molecule has 1 aliphatic heterocycles. The number of methoxy groups -OCH3 is 2. The number of anilines is 1. The summed E-state index contributed by atoms with van der Waals surface area (Å²) in [6, 6.07) is 13.7. The number of hydrogen-bond donors (Lipinski definition) is 3. The molecule has 0 bridgehead atoms. The Balaban J connectivity index is 1.25. The number of amides is 2. The van der Waals surface area contributed by atoms with Crippen LogP contribution in [0.2, 0.25) is 0 Å². The number of hydrogen-bond acceptors (Lipinski definition) is 7. The monoisotopic (exact) mass is 507 g/mol. The van der Waals surface area contributed by atoms with Crippen LogP contribution in [0, 0.1) is 0 Å². The number of nitrogens with one attached hydrogen (secondary N) is 3. The third-order valence-corrected chi connectivity index (χ3v) is 5.94. The Kier molecular flexibility index (Phi) is 11.0. The topological polar surface area (TPSA) is 104 Å². The van der Waals surface area contributed by atoms with Gasteiger partial charge in [-0.05, 0) is 68.2 Å². The summed E-state index contributed by atoms with van der Waals surface area (Å²) < 4.78 is 10.7. The Labute approximate surface area is 218 Å². The summed E-state index contributed by atoms with van der Waals surface area (Å²) >= 11 is 0. The number of likely N-dealkylation sites (N-methyl/N-ethyl adjacent to an activating group) is 1. The van der Waals surface area contributed by atoms with Gasteiger partial charge in [0.1, 0.15) is 6.54 Å². The van der Waals surface area contributed by atoms with Crippen molar-refractivity contribution >= 4 is 29.5 Å². The van der Waals surface area contributed by atoms with E-state index in [9.17, 15) is 9.59 Å². The number of benzene rings is 2. The molecule has 3 N–H and O–H groups in total. The number of nitrogens with zero attached hydrogens (tertiary/aromatic N) is 2. The van der Waals surface area contributed by atoms with Gasteiger partial charge < -0.3 is 25.0 Å². The van der Waals surface area contributed by atoms with E-state index in [2.05, 4.69) is 39.0 Å². The lowest BCUT2D eigenvalue weighted by molar-refractivity contribution is -0.120. The van der Waals surface area contributed by atoms with Crippen LogP contribution >= 0.6 is 0 Å². The van der Waals surface area contributed by atoms with Crippen molar-refractivity contribution in [2.75, 3.05) is 52.8 Å². The summed E-state index contributed by atoms with van der Waals surface area (Å²) in [7, 11) is 5.41. The first-order chi connectivity index (χ1) is 18.0. The molecule has 0 saturated heterocycles. The number of aliphatic imine (C=N–C) groups is 1. The Bertz CT molecular complexity index is 1100. The largest absolute Gasteiger partial charge is 0.493 e. The van der Waals surface area contributed by atoms with Crippen LogP contribution in [-0.4, -0.2) is 70.1 Å². The van der Waals surface area contributed by atoms with E-state index in [1.807, 2.05) is 48.6 Å². The van der Waals surface area contributed by atoms with Crippen LogP contribution in [0.3, 0.4) is 0 Å². The van der Waals surface area contributed by atoms with Crippen LogP contribution in [0.25, 0.3) is 6.08 Å². The highest BCUT2D eigenvalue weighted by Gasteiger charge is 2.12. The minimum Gasteiger partial charge on any atom is -0.493 e. The highest BCUT2D eigenvalue weighted by Crippen LogP contribution is 2.27. The van der Waals surface area contributed by atoms with Gasteiger partial charge in [0.25, 0.3) is 0 Å². The molecule has 198 valence electrons. The smallest absolute Gasteiger partial charge is 0.248 e. The lowest BCUT2D eigenvalue weighted by Gasteiger charge is -2.17. The van der Waals surface area contributed by atoms with Gasteiger partial charge in [0, 0.05) is 25.2 Å². The molecular formula is C28H37N5O4. The van der Waals surface area contributed by atoms with Gasteiger partial charge in [0.2, 0.25) is 17.8 Å². The molecule has 3 rings (SSSR count). The van der Waals surface area contributed by atoms with Gasteiger partial charge in [-0.3, -0.25) is 14.9 Å². The van der Waals surface area contributed by atoms with Crippen molar-refractivity contribution in [1.82, 2.24) is 15.5 Å². The first-order valence-corrected chi connectivity index (χ1v) is 12.5. The predicted molar refractivity (Wildman–Crippen MR) is 147 cm³/mol. The van der Waals surface area contributed by atoms with Crippen molar-refractivity contribution in [1.29, 1.82) is 0 Å². The molecule has 0 saturated carbocycles. The Hall–Kier alpha value is -3.85. The highest BCUT2D eigenvalue weighted by molar-refractivity contribution is 6.08. The van der Waals surface area contributed by atoms with Gasteiger partial charge >= 0.3 is 0 Å². The standard InChI is InChI=1S/C28H37N5O4/c1-33(18-15-22-11-14-24(36-2)25(19-22)37-3)17-5-4-16-29-26(34)8-6-7-21-9-12-23(13-10-21)31-28-30-20-27(35)32-28/h6-7,9-14,19H,4-5,8,15-18,20H2,1-3H3,(H,29,34)(H2,30,31,32,35)/b7-6+. The molecule has 0 radical (unpaired) electrons. The number of guanidine groups is 1. The second kappa shape index (κ2) is 14.6. The normalized spacial score (nSPS) is 13.0. The van der Waals surface area contributed by atoms with Crippen molar-refractivity contribution in [3.05, 3.63) is 59.7 Å². The fourth-order valence-electron chi connectivity index (χ4n) is 3.82. The maximum absolute atomic E-state index is 12.1. The van der Waals surface area contributed by atoms with Gasteiger partial charge in [0.05, 0.1) is 14.2 Å². The van der Waals surface area contributed by atoms with Gasteiger partial charge in [0.15, 0.2) is 11.5 Å². The molecule has 0 atom stereocenters. The van der Waals surface area contributed by atoms with Crippen molar-refractivity contribution in [2.24, 2.45) is 4.99 Å². The third-order valence-electron chi connectivity index (χ3n) is 5.94. The Morgan fingerprint density at radius 2 is 1.86 bits per heavy atom. The van der Waals surface area contributed by atoms with Crippen LogP contribution in [0.1, 0.15) is 30.4 Å². The number of ether oxygens (including phenoxy) is 2. The van der Waals surface area contributed by atoms with E-state index in [-0.39, 0.29) is 18.4 Å². The highest BCUT2D eigenvalue weighted by atomic mass is 16.5. The summed E-state index contributed by atoms with van der Waals surface area (Å²) in [6.45, 7) is 2.77. The second-order valence-electron chi connectivity index (χ2n) is 8.87. The van der Waals surface area contributed by atoms with E-state index in [0.29, 0.717) is 18.9 Å². The molecule has 0 aliphatic carbocycles. The summed E-state index contributed by atoms with van der Waals surface area (Å²) in [5.41, 5.74) is 3.04. The van der Waals surface area contributed by atoms with E-state index in [1.54, 1.807) is 14.2 Å². The summed E-state index contributed by atoms with van der Waals surface area (Å²) in [6.07, 6.45) is 7.03. The molecular weight excluding hydrogens is 470 g/mol. The van der Waals surface area contributed by atoms with E-state index in [0.717, 1.165) is 55.1 Å². The average Bonchev–Trinajstić information content (AvgIpc) is 3.32. The molecule has 2 aromatic carbocycles. The van der Waals surface area contributed by atoms with Crippen molar-refractivity contribution in [3.63, 3.8) is 0 Å².